The highest BCUT2D eigenvalue weighted by Gasteiger charge is 2.23. The van der Waals surface area contributed by atoms with Crippen molar-refractivity contribution in [1.82, 2.24) is 9.80 Å². The Morgan fingerprint density at radius 1 is 1.30 bits per heavy atom. The van der Waals surface area contributed by atoms with Gasteiger partial charge in [-0.05, 0) is 24.1 Å². The molecule has 1 heterocycles. The van der Waals surface area contributed by atoms with Crippen LogP contribution < -0.4 is 0 Å². The molecule has 0 aromatic heterocycles. The lowest BCUT2D eigenvalue weighted by atomic mass is 10.1. The van der Waals surface area contributed by atoms with Crippen molar-refractivity contribution < 1.29 is 4.79 Å². The summed E-state index contributed by atoms with van der Waals surface area (Å²) in [5, 5.41) is 0.785. The van der Waals surface area contributed by atoms with E-state index in [-0.39, 0.29) is 5.92 Å². The average molecular weight is 295 g/mol. The van der Waals surface area contributed by atoms with Gasteiger partial charge in [-0.1, -0.05) is 37.6 Å². The van der Waals surface area contributed by atoms with Crippen LogP contribution in [0.15, 0.2) is 24.3 Å². The van der Waals surface area contributed by atoms with Crippen molar-refractivity contribution in [2.45, 2.75) is 26.8 Å². The lowest BCUT2D eigenvalue weighted by molar-refractivity contribution is -0.136. The van der Waals surface area contributed by atoms with Crippen LogP contribution in [0.1, 0.15) is 25.8 Å². The van der Waals surface area contributed by atoms with E-state index in [1.54, 1.807) is 0 Å². The zero-order valence-electron chi connectivity index (χ0n) is 12.3. The molecule has 3 nitrogen and oxygen atoms in total. The molecule has 0 bridgehead atoms. The molecule has 20 heavy (non-hydrogen) atoms. The third kappa shape index (κ3) is 3.97. The number of nitrogens with zero attached hydrogens (tertiary/aromatic N) is 2. The highest BCUT2D eigenvalue weighted by molar-refractivity contribution is 6.30. The summed E-state index contributed by atoms with van der Waals surface area (Å²) in [4.78, 5) is 16.5. The molecule has 1 amide bonds. The average Bonchev–Trinajstić information content (AvgIpc) is 2.46. The summed E-state index contributed by atoms with van der Waals surface area (Å²) in [5.41, 5.74) is 1.24. The standard InChI is InChI=1S/C16H23ClN2O/c1-3-13(2)16(20)19-9-7-18(8-10-19)12-14-5-4-6-15(17)11-14/h4-6,11,13H,3,7-10,12H2,1-2H3. The van der Waals surface area contributed by atoms with Gasteiger partial charge in [0.25, 0.3) is 0 Å². The first-order chi connectivity index (χ1) is 9.60. The second kappa shape index (κ2) is 7.09. The van der Waals surface area contributed by atoms with Crippen LogP contribution in [0.2, 0.25) is 5.02 Å². The van der Waals surface area contributed by atoms with E-state index in [1.165, 1.54) is 5.56 Å². The first kappa shape index (κ1) is 15.3. The van der Waals surface area contributed by atoms with Crippen LogP contribution in [-0.2, 0) is 11.3 Å². The normalized spacial score (nSPS) is 18.1. The highest BCUT2D eigenvalue weighted by Crippen LogP contribution is 2.15. The van der Waals surface area contributed by atoms with Gasteiger partial charge in [-0.2, -0.15) is 0 Å². The summed E-state index contributed by atoms with van der Waals surface area (Å²) in [6.07, 6.45) is 0.918. The maximum Gasteiger partial charge on any atom is 0.225 e. The highest BCUT2D eigenvalue weighted by atomic mass is 35.5. The Bertz CT molecular complexity index is 456. The van der Waals surface area contributed by atoms with Crippen molar-refractivity contribution in [3.8, 4) is 0 Å². The molecule has 1 aromatic carbocycles. The molecule has 2 rings (SSSR count). The van der Waals surface area contributed by atoms with E-state index in [0.29, 0.717) is 5.91 Å². The summed E-state index contributed by atoms with van der Waals surface area (Å²) in [6, 6.07) is 8.00. The molecular weight excluding hydrogens is 272 g/mol. The van der Waals surface area contributed by atoms with Gasteiger partial charge >= 0.3 is 0 Å². The smallest absolute Gasteiger partial charge is 0.225 e. The van der Waals surface area contributed by atoms with Gasteiger partial charge in [0.05, 0.1) is 0 Å². The number of benzene rings is 1. The van der Waals surface area contributed by atoms with Gasteiger partial charge in [-0.25, -0.2) is 0 Å². The van der Waals surface area contributed by atoms with E-state index in [9.17, 15) is 4.79 Å². The molecule has 1 unspecified atom stereocenters. The minimum absolute atomic E-state index is 0.148. The van der Waals surface area contributed by atoms with Crippen molar-refractivity contribution >= 4 is 17.5 Å². The molecule has 1 aromatic rings. The molecule has 0 radical (unpaired) electrons. The molecule has 0 spiro atoms. The fourth-order valence-electron chi connectivity index (χ4n) is 2.51. The fraction of sp³-hybridized carbons (Fsp3) is 0.562. The topological polar surface area (TPSA) is 23.6 Å². The van der Waals surface area contributed by atoms with Gasteiger partial charge in [0, 0.05) is 43.7 Å². The van der Waals surface area contributed by atoms with Crippen LogP contribution in [0.3, 0.4) is 0 Å². The van der Waals surface area contributed by atoms with Crippen molar-refractivity contribution in [3.05, 3.63) is 34.9 Å². The van der Waals surface area contributed by atoms with E-state index in [1.807, 2.05) is 30.0 Å². The minimum atomic E-state index is 0.148. The predicted octanol–water partition coefficient (Wildman–Crippen LogP) is 3.03. The summed E-state index contributed by atoms with van der Waals surface area (Å²) in [7, 11) is 0. The Labute approximate surface area is 126 Å². The molecule has 4 heteroatoms. The molecule has 110 valence electrons. The summed E-state index contributed by atoms with van der Waals surface area (Å²) in [6.45, 7) is 8.54. The first-order valence-electron chi connectivity index (χ1n) is 7.35. The molecule has 1 fully saturated rings. The van der Waals surface area contributed by atoms with Crippen molar-refractivity contribution in [2.24, 2.45) is 5.92 Å². The Morgan fingerprint density at radius 3 is 2.60 bits per heavy atom. The van der Waals surface area contributed by atoms with E-state index in [2.05, 4.69) is 17.9 Å². The molecule has 1 aliphatic heterocycles. The molecule has 0 N–H and O–H groups in total. The second-order valence-corrected chi connectivity index (χ2v) is 5.98. The Balaban J connectivity index is 1.84. The molecule has 0 saturated carbocycles. The number of carbonyl (C=O) groups is 1. The molecule has 1 aliphatic rings. The van der Waals surface area contributed by atoms with E-state index < -0.39 is 0 Å². The van der Waals surface area contributed by atoms with Crippen LogP contribution in [0.4, 0.5) is 0 Å². The van der Waals surface area contributed by atoms with Crippen LogP contribution in [-0.4, -0.2) is 41.9 Å². The van der Waals surface area contributed by atoms with E-state index in [0.717, 1.165) is 44.2 Å². The lowest BCUT2D eigenvalue weighted by Gasteiger charge is -2.36. The van der Waals surface area contributed by atoms with Gasteiger partial charge < -0.3 is 4.90 Å². The number of carbonyl (C=O) groups excluding carboxylic acids is 1. The van der Waals surface area contributed by atoms with Gasteiger partial charge in [0.15, 0.2) is 0 Å². The monoisotopic (exact) mass is 294 g/mol. The van der Waals surface area contributed by atoms with Gasteiger partial charge in [-0.15, -0.1) is 0 Å². The maximum absolute atomic E-state index is 12.1. The quantitative estimate of drug-likeness (QED) is 0.852. The molecule has 1 saturated heterocycles. The van der Waals surface area contributed by atoms with E-state index >= 15 is 0 Å². The molecular formula is C16H23ClN2O. The first-order valence-corrected chi connectivity index (χ1v) is 7.73. The van der Waals surface area contributed by atoms with Gasteiger partial charge in [0.2, 0.25) is 5.91 Å². The second-order valence-electron chi connectivity index (χ2n) is 5.54. The number of hydrogen-bond acceptors (Lipinski definition) is 2. The maximum atomic E-state index is 12.1. The minimum Gasteiger partial charge on any atom is -0.340 e. The van der Waals surface area contributed by atoms with Crippen LogP contribution in [0.25, 0.3) is 0 Å². The van der Waals surface area contributed by atoms with Crippen LogP contribution in [0, 0.1) is 5.92 Å². The van der Waals surface area contributed by atoms with Crippen molar-refractivity contribution in [2.75, 3.05) is 26.2 Å². The Hall–Kier alpha value is -1.06. The zero-order chi connectivity index (χ0) is 14.5. The third-order valence-electron chi connectivity index (χ3n) is 4.01. The molecule has 0 aliphatic carbocycles. The van der Waals surface area contributed by atoms with Crippen LogP contribution in [0.5, 0.6) is 0 Å². The summed E-state index contributed by atoms with van der Waals surface area (Å²) in [5.74, 6) is 0.449. The van der Waals surface area contributed by atoms with Crippen LogP contribution >= 0.6 is 11.6 Å². The Kier molecular flexibility index (Phi) is 5.44. The summed E-state index contributed by atoms with van der Waals surface area (Å²) < 4.78 is 0. The van der Waals surface area contributed by atoms with Crippen molar-refractivity contribution in [1.29, 1.82) is 0 Å². The summed E-state index contributed by atoms with van der Waals surface area (Å²) >= 11 is 6.01. The van der Waals surface area contributed by atoms with E-state index in [4.69, 9.17) is 11.6 Å². The molecule has 1 atom stereocenters. The zero-order valence-corrected chi connectivity index (χ0v) is 13.1. The number of hydrogen-bond donors (Lipinski definition) is 0. The van der Waals surface area contributed by atoms with Gasteiger partial charge in [-0.3, -0.25) is 9.69 Å². The lowest BCUT2D eigenvalue weighted by Crippen LogP contribution is -2.49. The fourth-order valence-corrected chi connectivity index (χ4v) is 2.72. The van der Waals surface area contributed by atoms with Gasteiger partial charge in [0.1, 0.15) is 0 Å². The Morgan fingerprint density at radius 2 is 2.00 bits per heavy atom. The number of piperazine rings is 1. The third-order valence-corrected chi connectivity index (χ3v) is 4.25. The number of amides is 1. The number of rotatable bonds is 4. The predicted molar refractivity (Wildman–Crippen MR) is 82.8 cm³/mol. The largest absolute Gasteiger partial charge is 0.340 e. The van der Waals surface area contributed by atoms with Crippen molar-refractivity contribution in [3.63, 3.8) is 0 Å². The number of halogens is 1. The SMILES string of the molecule is CCC(C)C(=O)N1CCN(Cc2cccc(Cl)c2)CC1.